The third-order valence-electron chi connectivity index (χ3n) is 4.92. The van der Waals surface area contributed by atoms with Crippen molar-refractivity contribution in [3.8, 4) is 27.4 Å². The Morgan fingerprint density at radius 2 is 2.08 bits per heavy atom. The highest BCUT2D eigenvalue weighted by Gasteiger charge is 2.30. The molecule has 1 unspecified atom stereocenters. The molecule has 1 aliphatic carbocycles. The van der Waals surface area contributed by atoms with Gasteiger partial charge in [0.15, 0.2) is 5.01 Å². The van der Waals surface area contributed by atoms with Gasteiger partial charge in [-0.05, 0) is 30.5 Å². The van der Waals surface area contributed by atoms with Crippen molar-refractivity contribution >= 4 is 16.5 Å². The second-order valence-corrected chi connectivity index (χ2v) is 7.54. The molecule has 2 aromatic heterocycles. The number of aromatic nitrogens is 4. The predicted octanol–water partition coefficient (Wildman–Crippen LogP) is 4.02. The van der Waals surface area contributed by atoms with E-state index in [0.29, 0.717) is 22.1 Å². The van der Waals surface area contributed by atoms with Gasteiger partial charge < -0.3 is 10.0 Å². The summed E-state index contributed by atoms with van der Waals surface area (Å²) < 4.78 is 14.2. The molecule has 1 saturated carbocycles. The Morgan fingerprint density at radius 3 is 2.81 bits per heavy atom. The molecule has 8 heteroatoms. The van der Waals surface area contributed by atoms with E-state index in [1.165, 1.54) is 11.3 Å². The second-order valence-electron chi connectivity index (χ2n) is 6.59. The number of aromatic amines is 1. The number of halogens is 1. The van der Waals surface area contributed by atoms with Crippen LogP contribution >= 0.6 is 11.3 Å². The average Bonchev–Trinajstić information content (AvgIpc) is 3.33. The van der Waals surface area contributed by atoms with E-state index >= 15 is 0 Å². The van der Waals surface area contributed by atoms with Crippen molar-refractivity contribution in [3.63, 3.8) is 0 Å². The minimum Gasteiger partial charge on any atom is -0.507 e. The average molecular weight is 373 g/mol. The molecule has 0 radical (unpaired) electrons. The summed E-state index contributed by atoms with van der Waals surface area (Å²) in [5.41, 5.74) is 2.38. The lowest BCUT2D eigenvalue weighted by atomic mass is 9.93. The smallest absolute Gasteiger partial charge is 0.208 e. The van der Waals surface area contributed by atoms with E-state index in [1.54, 1.807) is 18.5 Å². The molecule has 6 nitrogen and oxygen atoms in total. The highest BCUT2D eigenvalue weighted by atomic mass is 32.1. The normalized spacial score (nSPS) is 20.2. The number of hydrogen-bond acceptors (Lipinski definition) is 6. The molecule has 136 valence electrons. The van der Waals surface area contributed by atoms with Crippen molar-refractivity contribution in [2.24, 2.45) is 0 Å². The van der Waals surface area contributed by atoms with E-state index in [0.717, 1.165) is 30.4 Å². The number of aromatic hydroxyl groups is 1. The summed E-state index contributed by atoms with van der Waals surface area (Å²) >= 11 is 1.37. The largest absolute Gasteiger partial charge is 0.507 e. The number of hydrogen-bond donors (Lipinski definition) is 2. The monoisotopic (exact) mass is 373 g/mol. The van der Waals surface area contributed by atoms with Gasteiger partial charge in [-0.2, -0.15) is 5.10 Å². The number of H-pyrrole nitrogens is 1. The van der Waals surface area contributed by atoms with Gasteiger partial charge in [0.2, 0.25) is 5.13 Å². The molecule has 2 N–H and O–H groups in total. The fourth-order valence-electron chi connectivity index (χ4n) is 3.41. The van der Waals surface area contributed by atoms with Crippen molar-refractivity contribution in [3.05, 3.63) is 30.6 Å². The van der Waals surface area contributed by atoms with E-state index in [4.69, 9.17) is 0 Å². The van der Waals surface area contributed by atoms with Crippen molar-refractivity contribution in [1.29, 1.82) is 0 Å². The zero-order valence-corrected chi connectivity index (χ0v) is 15.2. The lowest BCUT2D eigenvalue weighted by Gasteiger charge is -2.33. The Labute approximate surface area is 154 Å². The number of phenols is 1. The summed E-state index contributed by atoms with van der Waals surface area (Å²) in [5, 5.41) is 26.8. The highest BCUT2D eigenvalue weighted by molar-refractivity contribution is 7.18. The van der Waals surface area contributed by atoms with E-state index in [2.05, 4.69) is 20.4 Å². The first kappa shape index (κ1) is 17.0. The Bertz CT molecular complexity index is 882. The molecule has 0 bridgehead atoms. The summed E-state index contributed by atoms with van der Waals surface area (Å²) in [7, 11) is 1.87. The minimum atomic E-state index is -0.830. The van der Waals surface area contributed by atoms with E-state index < -0.39 is 6.17 Å². The summed E-state index contributed by atoms with van der Waals surface area (Å²) in [4.78, 5) is 1.89. The number of alkyl halides is 1. The summed E-state index contributed by atoms with van der Waals surface area (Å²) in [6.45, 7) is 0. The van der Waals surface area contributed by atoms with Gasteiger partial charge in [-0.3, -0.25) is 5.10 Å². The molecule has 0 amide bonds. The summed E-state index contributed by atoms with van der Waals surface area (Å²) in [5.74, 6) is 0.134. The van der Waals surface area contributed by atoms with Crippen LogP contribution < -0.4 is 4.90 Å². The van der Waals surface area contributed by atoms with Crippen LogP contribution in [-0.4, -0.2) is 44.8 Å². The molecule has 2 heterocycles. The lowest BCUT2D eigenvalue weighted by Crippen LogP contribution is -2.41. The molecule has 1 aromatic carbocycles. The first-order valence-corrected chi connectivity index (χ1v) is 9.48. The quantitative estimate of drug-likeness (QED) is 0.722. The highest BCUT2D eigenvalue weighted by Crippen LogP contribution is 2.38. The Morgan fingerprint density at radius 1 is 1.23 bits per heavy atom. The minimum absolute atomic E-state index is 0.134. The number of nitrogens with one attached hydrogen (secondary N) is 1. The zero-order chi connectivity index (χ0) is 18.1. The van der Waals surface area contributed by atoms with Crippen molar-refractivity contribution in [2.45, 2.75) is 37.9 Å². The third kappa shape index (κ3) is 3.16. The number of benzene rings is 1. The van der Waals surface area contributed by atoms with Crippen LogP contribution in [0.5, 0.6) is 5.75 Å². The number of anilines is 1. The summed E-state index contributed by atoms with van der Waals surface area (Å²) in [6.07, 6.45) is 6.06. The lowest BCUT2D eigenvalue weighted by molar-refractivity contribution is 0.213. The van der Waals surface area contributed by atoms with Crippen molar-refractivity contribution < 1.29 is 9.50 Å². The fraction of sp³-hybridized carbons (Fsp3) is 0.389. The SMILES string of the molecule is CN(c1nnc(-c2ccc(-c3cn[nH]c3)cc2O)s1)[C@@H]1CCCCC1F. The van der Waals surface area contributed by atoms with Gasteiger partial charge in [0, 0.05) is 18.8 Å². The molecule has 0 saturated heterocycles. The molecular formula is C18H20FN5OS. The maximum absolute atomic E-state index is 14.2. The molecule has 0 aliphatic heterocycles. The van der Waals surface area contributed by atoms with Gasteiger partial charge in [-0.1, -0.05) is 30.2 Å². The molecule has 4 rings (SSSR count). The van der Waals surface area contributed by atoms with Gasteiger partial charge in [0.05, 0.1) is 17.8 Å². The van der Waals surface area contributed by atoms with Crippen molar-refractivity contribution in [2.75, 3.05) is 11.9 Å². The van der Waals surface area contributed by atoms with E-state index in [-0.39, 0.29) is 11.8 Å². The molecule has 2 atom stereocenters. The van der Waals surface area contributed by atoms with Crippen LogP contribution in [-0.2, 0) is 0 Å². The second kappa shape index (κ2) is 7.03. The van der Waals surface area contributed by atoms with Gasteiger partial charge in [-0.25, -0.2) is 4.39 Å². The molecule has 1 fully saturated rings. The Balaban J connectivity index is 1.58. The number of phenolic OH excluding ortho intramolecular Hbond substituents is 1. The number of nitrogens with zero attached hydrogens (tertiary/aromatic N) is 4. The third-order valence-corrected chi connectivity index (χ3v) is 5.97. The van der Waals surface area contributed by atoms with Crippen molar-refractivity contribution in [1.82, 2.24) is 20.4 Å². The van der Waals surface area contributed by atoms with E-state index in [9.17, 15) is 9.50 Å². The first-order chi connectivity index (χ1) is 12.6. The molecule has 1 aliphatic rings. The first-order valence-electron chi connectivity index (χ1n) is 8.66. The van der Waals surface area contributed by atoms with Crippen LogP contribution in [0.15, 0.2) is 30.6 Å². The predicted molar refractivity (Wildman–Crippen MR) is 100 cm³/mol. The number of rotatable bonds is 4. The fourth-order valence-corrected chi connectivity index (χ4v) is 4.31. The molecule has 0 spiro atoms. The van der Waals surface area contributed by atoms with Gasteiger partial charge in [-0.15, -0.1) is 10.2 Å². The summed E-state index contributed by atoms with van der Waals surface area (Å²) in [6, 6.07) is 5.26. The van der Waals surface area contributed by atoms with Crippen LogP contribution in [0.3, 0.4) is 0 Å². The Hall–Kier alpha value is -2.48. The molecule has 3 aromatic rings. The molecular weight excluding hydrogens is 353 g/mol. The van der Waals surface area contributed by atoms with Crippen LogP contribution in [0.2, 0.25) is 0 Å². The topological polar surface area (TPSA) is 77.9 Å². The Kier molecular flexibility index (Phi) is 4.58. The van der Waals surface area contributed by atoms with Crippen LogP contribution in [0.1, 0.15) is 25.7 Å². The van der Waals surface area contributed by atoms with Crippen LogP contribution in [0, 0.1) is 0 Å². The molecule has 26 heavy (non-hydrogen) atoms. The van der Waals surface area contributed by atoms with Crippen LogP contribution in [0.4, 0.5) is 9.52 Å². The van der Waals surface area contributed by atoms with Gasteiger partial charge in [0.25, 0.3) is 0 Å². The zero-order valence-electron chi connectivity index (χ0n) is 14.4. The van der Waals surface area contributed by atoms with E-state index in [1.807, 2.05) is 24.1 Å². The standard InChI is InChI=1S/C18H20FN5OS/c1-24(15-5-3-2-4-14(15)19)18-23-22-17(26-18)13-7-6-11(8-16(13)25)12-9-20-21-10-12/h6-10,14-15,25H,2-5H2,1H3,(H,20,21)/t14?,15-/m1/s1. The van der Waals surface area contributed by atoms with Crippen LogP contribution in [0.25, 0.3) is 21.7 Å². The van der Waals surface area contributed by atoms with Gasteiger partial charge in [0.1, 0.15) is 11.9 Å². The maximum Gasteiger partial charge on any atom is 0.208 e. The maximum atomic E-state index is 14.2. The van der Waals surface area contributed by atoms with Gasteiger partial charge >= 0.3 is 0 Å².